The molecule has 0 bridgehead atoms. The van der Waals surface area contributed by atoms with Gasteiger partial charge in [-0.05, 0) is 104 Å². The van der Waals surface area contributed by atoms with Crippen molar-refractivity contribution in [3.63, 3.8) is 0 Å². The van der Waals surface area contributed by atoms with Gasteiger partial charge >= 0.3 is 0 Å². The van der Waals surface area contributed by atoms with Gasteiger partial charge in [0.1, 0.15) is 0 Å². The number of pyridine rings is 1. The maximum absolute atomic E-state index is 4.91. The molecule has 0 amide bonds. The van der Waals surface area contributed by atoms with E-state index in [-0.39, 0.29) is 5.92 Å². The van der Waals surface area contributed by atoms with Gasteiger partial charge in [0.05, 0.1) is 5.69 Å². The monoisotopic (exact) mass is 539 g/mol. The molecule has 1 nitrogen and oxygen atoms in total. The minimum absolute atomic E-state index is 0.260. The number of nitrogens with zero attached hydrogens (tertiary/aromatic N) is 1. The molecule has 0 aliphatic heterocycles. The van der Waals surface area contributed by atoms with Crippen molar-refractivity contribution in [2.75, 3.05) is 0 Å². The van der Waals surface area contributed by atoms with E-state index < -0.39 is 0 Å². The Balaban J connectivity index is 1.29. The Morgan fingerprint density at radius 3 is 2.24 bits per heavy atom. The van der Waals surface area contributed by atoms with Gasteiger partial charge in [-0.2, -0.15) is 0 Å². The molecule has 1 heterocycles. The van der Waals surface area contributed by atoms with Crippen molar-refractivity contribution >= 4 is 28.5 Å². The molecule has 2 aliphatic rings. The smallest absolute Gasteiger partial charge is 0.0674 e. The Labute approximate surface area is 248 Å². The summed E-state index contributed by atoms with van der Waals surface area (Å²) in [5.41, 5.74) is 16.0. The Kier molecular flexibility index (Phi) is 6.44. The van der Waals surface area contributed by atoms with Gasteiger partial charge in [-0.1, -0.05) is 122 Å². The van der Waals surface area contributed by atoms with Gasteiger partial charge < -0.3 is 0 Å². The highest BCUT2D eigenvalue weighted by Crippen LogP contribution is 2.48. The summed E-state index contributed by atoms with van der Waals surface area (Å²) in [6, 6.07) is 31.4. The van der Waals surface area contributed by atoms with E-state index in [1.807, 2.05) is 12.3 Å². The maximum Gasteiger partial charge on any atom is 0.0674 e. The van der Waals surface area contributed by atoms with Crippen LogP contribution in [0.4, 0.5) is 0 Å². The fourth-order valence-electron chi connectivity index (χ4n) is 6.40. The van der Waals surface area contributed by atoms with Crippen LogP contribution in [0.2, 0.25) is 0 Å². The van der Waals surface area contributed by atoms with E-state index in [2.05, 4.69) is 137 Å². The van der Waals surface area contributed by atoms with Crippen molar-refractivity contribution in [1.29, 1.82) is 0 Å². The lowest BCUT2D eigenvalue weighted by atomic mass is 9.86. The fourth-order valence-corrected chi connectivity index (χ4v) is 6.40. The number of fused-ring (bicyclic) bond motifs is 4. The number of benzene rings is 4. The Hall–Kier alpha value is -5.01. The van der Waals surface area contributed by atoms with Crippen LogP contribution >= 0.6 is 0 Å². The molecule has 2 aliphatic carbocycles. The molecular formula is C41H33N. The first-order valence-electron chi connectivity index (χ1n) is 14.7. The minimum atomic E-state index is 0.260. The number of hydrogen-bond donors (Lipinski definition) is 0. The van der Waals surface area contributed by atoms with E-state index in [1.54, 1.807) is 6.08 Å². The zero-order chi connectivity index (χ0) is 28.8. The van der Waals surface area contributed by atoms with E-state index in [0.717, 1.165) is 11.3 Å². The molecule has 0 saturated heterocycles. The third kappa shape index (κ3) is 4.39. The lowest BCUT2D eigenvalue weighted by molar-refractivity contribution is 0.943. The van der Waals surface area contributed by atoms with Crippen LogP contribution in [0.25, 0.3) is 61.9 Å². The molecule has 0 saturated carbocycles. The number of aromatic nitrogens is 1. The molecule has 0 fully saturated rings. The third-order valence-electron chi connectivity index (χ3n) is 8.58. The maximum atomic E-state index is 4.91. The van der Waals surface area contributed by atoms with Crippen molar-refractivity contribution < 1.29 is 0 Å². The van der Waals surface area contributed by atoms with E-state index in [0.29, 0.717) is 0 Å². The zero-order valence-electron chi connectivity index (χ0n) is 24.4. The summed E-state index contributed by atoms with van der Waals surface area (Å²) >= 11 is 0. The number of rotatable bonds is 4. The molecule has 1 heteroatoms. The highest BCUT2D eigenvalue weighted by atomic mass is 14.7. The van der Waals surface area contributed by atoms with E-state index in [4.69, 9.17) is 4.98 Å². The Bertz CT molecular complexity index is 2000. The van der Waals surface area contributed by atoms with Crippen LogP contribution in [0.5, 0.6) is 0 Å². The van der Waals surface area contributed by atoms with Gasteiger partial charge in [-0.25, -0.2) is 0 Å². The van der Waals surface area contributed by atoms with Crippen LogP contribution in [0.3, 0.4) is 0 Å². The number of allylic oxidation sites excluding steroid dienone is 7. The van der Waals surface area contributed by atoms with Crippen molar-refractivity contribution in [3.05, 3.63) is 156 Å². The van der Waals surface area contributed by atoms with E-state index in [9.17, 15) is 0 Å². The summed E-state index contributed by atoms with van der Waals surface area (Å²) in [4.78, 5) is 4.91. The summed E-state index contributed by atoms with van der Waals surface area (Å²) in [5, 5.41) is 2.67. The molecule has 42 heavy (non-hydrogen) atoms. The van der Waals surface area contributed by atoms with Crippen molar-refractivity contribution in [2.45, 2.75) is 26.7 Å². The summed E-state index contributed by atoms with van der Waals surface area (Å²) in [5.74, 6) is 0.260. The second-order valence-electron chi connectivity index (χ2n) is 11.5. The van der Waals surface area contributed by atoms with Crippen LogP contribution in [-0.4, -0.2) is 4.98 Å². The predicted molar refractivity (Wildman–Crippen MR) is 181 cm³/mol. The highest BCUT2D eigenvalue weighted by molar-refractivity contribution is 6.15. The molecule has 1 unspecified atom stereocenters. The Morgan fingerprint density at radius 2 is 1.50 bits per heavy atom. The summed E-state index contributed by atoms with van der Waals surface area (Å²) < 4.78 is 0. The molecule has 0 radical (unpaired) electrons. The first kappa shape index (κ1) is 25.9. The average molecular weight is 540 g/mol. The molecule has 0 N–H and O–H groups in total. The fraction of sp³-hybridized carbons (Fsp3) is 0.0976. The number of hydrogen-bond acceptors (Lipinski definition) is 1. The van der Waals surface area contributed by atoms with Gasteiger partial charge in [0.2, 0.25) is 0 Å². The third-order valence-corrected chi connectivity index (χ3v) is 8.58. The normalized spacial score (nSPS) is 17.3. The SMILES string of the molecule is C=C/C=C\c1cnc2c(c1)C(C)/C=C\C(=C(C)C)/C(c1ccc(-c3ccc4c(c3)-c3cccc5cccc-4c35)cc1)=C\2. The van der Waals surface area contributed by atoms with Gasteiger partial charge in [0.25, 0.3) is 0 Å². The van der Waals surface area contributed by atoms with Gasteiger partial charge in [-0.15, -0.1) is 0 Å². The van der Waals surface area contributed by atoms with Crippen LogP contribution in [0, 0.1) is 0 Å². The summed E-state index contributed by atoms with van der Waals surface area (Å²) in [6.45, 7) is 10.4. The second-order valence-corrected chi connectivity index (χ2v) is 11.5. The molecule has 0 spiro atoms. The lowest BCUT2D eigenvalue weighted by Gasteiger charge is -2.19. The highest BCUT2D eigenvalue weighted by Gasteiger charge is 2.21. The average Bonchev–Trinajstić information content (AvgIpc) is 3.33. The molecule has 5 aromatic rings. The minimum Gasteiger partial charge on any atom is -0.256 e. The molecule has 4 aromatic carbocycles. The zero-order valence-corrected chi connectivity index (χ0v) is 24.4. The molecule has 1 aromatic heterocycles. The van der Waals surface area contributed by atoms with Gasteiger partial charge in [0, 0.05) is 12.1 Å². The molecule has 7 rings (SSSR count). The summed E-state index contributed by atoms with van der Waals surface area (Å²) in [7, 11) is 0. The van der Waals surface area contributed by atoms with Crippen LogP contribution in [0.15, 0.2) is 133 Å². The molecule has 1 atom stereocenters. The van der Waals surface area contributed by atoms with Crippen molar-refractivity contribution in [2.24, 2.45) is 0 Å². The topological polar surface area (TPSA) is 12.9 Å². The molecule has 202 valence electrons. The van der Waals surface area contributed by atoms with Crippen LogP contribution < -0.4 is 0 Å². The first-order valence-corrected chi connectivity index (χ1v) is 14.7. The molecular weight excluding hydrogens is 506 g/mol. The lowest BCUT2D eigenvalue weighted by Crippen LogP contribution is -2.02. The Morgan fingerprint density at radius 1 is 0.786 bits per heavy atom. The predicted octanol–water partition coefficient (Wildman–Crippen LogP) is 11.3. The first-order chi connectivity index (χ1) is 20.5. The van der Waals surface area contributed by atoms with Crippen molar-refractivity contribution in [3.8, 4) is 33.4 Å². The van der Waals surface area contributed by atoms with Gasteiger partial charge in [0.15, 0.2) is 0 Å². The van der Waals surface area contributed by atoms with Crippen LogP contribution in [-0.2, 0) is 0 Å². The largest absolute Gasteiger partial charge is 0.256 e. The van der Waals surface area contributed by atoms with Crippen LogP contribution in [0.1, 0.15) is 49.1 Å². The standard InChI is InChI=1S/C41H33N/c1-5-6-9-28-22-37-27(4)14-20-33(26(2)3)38(24-40(37)42-25-28)30-17-15-29(16-18-30)32-19-21-34-35-12-7-10-31-11-8-13-36(41(31)35)39(34)23-32/h5-25,27H,1H2,2-4H3/b9-6-,20-14-,38-24-. The second kappa shape index (κ2) is 10.4. The summed E-state index contributed by atoms with van der Waals surface area (Å²) in [6.07, 6.45) is 14.6. The van der Waals surface area contributed by atoms with E-state index >= 15 is 0 Å². The van der Waals surface area contributed by atoms with Crippen molar-refractivity contribution in [1.82, 2.24) is 4.98 Å². The quantitative estimate of drug-likeness (QED) is 0.203. The van der Waals surface area contributed by atoms with E-state index in [1.165, 1.54) is 72.0 Å². The van der Waals surface area contributed by atoms with Gasteiger partial charge in [-0.3, -0.25) is 4.98 Å².